The third kappa shape index (κ3) is 4.55. The maximum Gasteiger partial charge on any atom is 0.287 e. The summed E-state index contributed by atoms with van der Waals surface area (Å²) in [6, 6.07) is 6.55. The zero-order valence-electron chi connectivity index (χ0n) is 14.0. The fraction of sp³-hybridized carbons (Fsp3) is 0.0556. The van der Waals surface area contributed by atoms with Crippen LogP contribution in [0.1, 0.15) is 0 Å². The second kappa shape index (κ2) is 8.49. The molecule has 5 nitrogen and oxygen atoms in total. The van der Waals surface area contributed by atoms with Crippen molar-refractivity contribution in [3.63, 3.8) is 0 Å². The molecule has 0 aliphatic carbocycles. The van der Waals surface area contributed by atoms with Gasteiger partial charge in [-0.2, -0.15) is 0 Å². The number of rotatable bonds is 5. The van der Waals surface area contributed by atoms with E-state index in [0.29, 0.717) is 11.8 Å². The Labute approximate surface area is 166 Å². The minimum Gasteiger partial charge on any atom is -0.323 e. The second-order valence-electron chi connectivity index (χ2n) is 5.47. The molecule has 3 rings (SSSR count). The molecule has 0 atom stereocenters. The molecule has 28 heavy (non-hydrogen) atoms. The van der Waals surface area contributed by atoms with E-state index in [1.165, 1.54) is 29.1 Å². The quantitative estimate of drug-likeness (QED) is 0.627. The number of hydrogen-bond acceptors (Lipinski definition) is 4. The van der Waals surface area contributed by atoms with Gasteiger partial charge in [0.1, 0.15) is 17.5 Å². The van der Waals surface area contributed by atoms with E-state index in [9.17, 15) is 22.8 Å². The van der Waals surface area contributed by atoms with Crippen LogP contribution in [0.2, 0.25) is 5.02 Å². The van der Waals surface area contributed by atoms with E-state index < -0.39 is 28.9 Å². The number of aromatic nitrogens is 2. The maximum atomic E-state index is 13.6. The molecule has 0 bridgehead atoms. The zero-order chi connectivity index (χ0) is 20.3. The van der Waals surface area contributed by atoms with Crippen LogP contribution in [0, 0.1) is 17.5 Å². The van der Waals surface area contributed by atoms with Crippen LogP contribution >= 0.6 is 23.4 Å². The van der Waals surface area contributed by atoms with Gasteiger partial charge in [-0.05, 0) is 30.3 Å². The van der Waals surface area contributed by atoms with E-state index in [0.717, 1.165) is 30.0 Å². The van der Waals surface area contributed by atoms with Gasteiger partial charge in [0, 0.05) is 18.5 Å². The highest BCUT2D eigenvalue weighted by Crippen LogP contribution is 2.19. The zero-order valence-corrected chi connectivity index (χ0v) is 15.5. The third-order valence-corrected chi connectivity index (χ3v) is 4.79. The molecule has 1 heterocycles. The van der Waals surface area contributed by atoms with Crippen molar-refractivity contribution in [3.8, 4) is 5.69 Å². The highest BCUT2D eigenvalue weighted by molar-refractivity contribution is 7.99. The lowest BCUT2D eigenvalue weighted by molar-refractivity contribution is -0.113. The number of halogens is 4. The monoisotopic (exact) mass is 425 g/mol. The van der Waals surface area contributed by atoms with E-state index in [4.69, 9.17) is 11.6 Å². The number of benzene rings is 2. The average molecular weight is 426 g/mol. The molecular weight excluding hydrogens is 415 g/mol. The molecule has 3 aromatic rings. The van der Waals surface area contributed by atoms with Crippen molar-refractivity contribution in [1.82, 2.24) is 9.55 Å². The number of nitrogens with one attached hydrogen (secondary N) is 1. The highest BCUT2D eigenvalue weighted by atomic mass is 35.5. The first-order chi connectivity index (χ1) is 13.3. The fourth-order valence-corrected chi connectivity index (χ4v) is 3.11. The van der Waals surface area contributed by atoms with Gasteiger partial charge in [0.05, 0.1) is 22.2 Å². The lowest BCUT2D eigenvalue weighted by Gasteiger charge is -2.09. The Hall–Kier alpha value is -2.78. The summed E-state index contributed by atoms with van der Waals surface area (Å²) in [6.07, 6.45) is 2.72. The third-order valence-electron chi connectivity index (χ3n) is 3.54. The Kier molecular flexibility index (Phi) is 6.05. The van der Waals surface area contributed by atoms with Crippen molar-refractivity contribution >= 4 is 35.0 Å². The summed E-state index contributed by atoms with van der Waals surface area (Å²) in [4.78, 5) is 28.5. The van der Waals surface area contributed by atoms with Gasteiger partial charge in [0.2, 0.25) is 5.91 Å². The van der Waals surface area contributed by atoms with Gasteiger partial charge in [-0.3, -0.25) is 14.2 Å². The molecule has 0 saturated heterocycles. The number of nitrogens with zero attached hydrogens (tertiary/aromatic N) is 2. The first-order valence-electron chi connectivity index (χ1n) is 7.76. The fourth-order valence-electron chi connectivity index (χ4n) is 2.24. The van der Waals surface area contributed by atoms with E-state index in [-0.39, 0.29) is 21.5 Å². The predicted molar refractivity (Wildman–Crippen MR) is 101 cm³/mol. The van der Waals surface area contributed by atoms with Crippen molar-refractivity contribution in [2.45, 2.75) is 5.03 Å². The van der Waals surface area contributed by atoms with Crippen LogP contribution in [0.4, 0.5) is 18.9 Å². The first-order valence-corrected chi connectivity index (χ1v) is 9.12. The van der Waals surface area contributed by atoms with Crippen LogP contribution in [0.15, 0.2) is 58.6 Å². The first kappa shape index (κ1) is 20.0. The second-order valence-corrected chi connectivity index (χ2v) is 6.84. The van der Waals surface area contributed by atoms with E-state index in [1.807, 2.05) is 0 Å². The van der Waals surface area contributed by atoms with Gasteiger partial charge in [0.15, 0.2) is 5.03 Å². The van der Waals surface area contributed by atoms with Gasteiger partial charge in [-0.1, -0.05) is 23.4 Å². The number of anilines is 1. The van der Waals surface area contributed by atoms with Crippen LogP contribution < -0.4 is 10.9 Å². The molecule has 1 amide bonds. The van der Waals surface area contributed by atoms with Crippen molar-refractivity contribution in [1.29, 1.82) is 0 Å². The van der Waals surface area contributed by atoms with Crippen LogP contribution in [0.3, 0.4) is 0 Å². The lowest BCUT2D eigenvalue weighted by Crippen LogP contribution is -2.22. The number of carbonyl (C=O) groups excluding carboxylic acids is 1. The van der Waals surface area contributed by atoms with Crippen LogP contribution in [0.5, 0.6) is 0 Å². The molecule has 144 valence electrons. The maximum absolute atomic E-state index is 13.6. The Morgan fingerprint density at radius 2 is 1.93 bits per heavy atom. The van der Waals surface area contributed by atoms with E-state index >= 15 is 0 Å². The molecule has 10 heteroatoms. The van der Waals surface area contributed by atoms with Gasteiger partial charge in [0.25, 0.3) is 5.56 Å². The SMILES string of the molecule is O=C(CSc1nccn(-c2ccc(F)c(Cl)c2)c1=O)Nc1ccc(F)cc1F. The minimum absolute atomic E-state index is 0.0117. The smallest absolute Gasteiger partial charge is 0.287 e. The molecule has 0 fully saturated rings. The molecule has 0 aliphatic rings. The molecule has 2 aromatic carbocycles. The van der Waals surface area contributed by atoms with Crippen molar-refractivity contribution < 1.29 is 18.0 Å². The molecule has 0 radical (unpaired) electrons. The number of hydrogen-bond donors (Lipinski definition) is 1. The predicted octanol–water partition coefficient (Wildman–Crippen LogP) is 4.03. The van der Waals surface area contributed by atoms with Gasteiger partial charge in [-0.15, -0.1) is 0 Å². The largest absolute Gasteiger partial charge is 0.323 e. The minimum atomic E-state index is -0.910. The molecule has 0 unspecified atom stereocenters. The lowest BCUT2D eigenvalue weighted by atomic mass is 10.3. The summed E-state index contributed by atoms with van der Waals surface area (Å²) in [6.45, 7) is 0. The summed E-state index contributed by atoms with van der Waals surface area (Å²) in [5.41, 5.74) is -0.374. The molecule has 1 aromatic heterocycles. The molecule has 1 N–H and O–H groups in total. The van der Waals surface area contributed by atoms with Gasteiger partial charge >= 0.3 is 0 Å². The molecular formula is C18H11ClF3N3O2S. The number of amides is 1. The summed E-state index contributed by atoms with van der Waals surface area (Å²) < 4.78 is 41.0. The Bertz CT molecular complexity index is 1110. The summed E-state index contributed by atoms with van der Waals surface area (Å²) in [5, 5.41) is 2.16. The normalized spacial score (nSPS) is 10.7. The highest BCUT2D eigenvalue weighted by Gasteiger charge is 2.13. The Balaban J connectivity index is 1.73. The topological polar surface area (TPSA) is 64.0 Å². The van der Waals surface area contributed by atoms with Crippen molar-refractivity contribution in [2.24, 2.45) is 0 Å². The summed E-state index contributed by atoms with van der Waals surface area (Å²) >= 11 is 6.58. The van der Waals surface area contributed by atoms with Gasteiger partial charge < -0.3 is 5.32 Å². The van der Waals surface area contributed by atoms with Crippen LogP contribution in [-0.2, 0) is 4.79 Å². The standard InChI is InChI=1S/C18H11ClF3N3O2S/c19-12-8-11(2-3-13(12)21)25-6-5-23-17(18(25)27)28-9-16(26)24-15-4-1-10(20)7-14(15)22/h1-8H,9H2,(H,24,26). The van der Waals surface area contributed by atoms with Crippen LogP contribution in [0.25, 0.3) is 5.69 Å². The van der Waals surface area contributed by atoms with Crippen molar-refractivity contribution in [2.75, 3.05) is 11.1 Å². The van der Waals surface area contributed by atoms with Crippen LogP contribution in [-0.4, -0.2) is 21.2 Å². The van der Waals surface area contributed by atoms with Crippen molar-refractivity contribution in [3.05, 3.63) is 81.6 Å². The molecule has 0 saturated carbocycles. The summed E-state index contributed by atoms with van der Waals surface area (Å²) in [5.74, 6) is -3.12. The van der Waals surface area contributed by atoms with Gasteiger partial charge in [-0.25, -0.2) is 18.2 Å². The number of thioether (sulfide) groups is 1. The number of carbonyl (C=O) groups is 1. The molecule has 0 spiro atoms. The average Bonchev–Trinajstić information content (AvgIpc) is 2.65. The van der Waals surface area contributed by atoms with E-state index in [2.05, 4.69) is 10.3 Å². The Morgan fingerprint density at radius 1 is 1.14 bits per heavy atom. The molecule has 0 aliphatic heterocycles. The van der Waals surface area contributed by atoms with E-state index in [1.54, 1.807) is 0 Å². The summed E-state index contributed by atoms with van der Waals surface area (Å²) in [7, 11) is 0. The Morgan fingerprint density at radius 3 is 2.64 bits per heavy atom.